The van der Waals surface area contributed by atoms with Crippen molar-refractivity contribution in [3.8, 4) is 0 Å². The number of anilines is 1. The van der Waals surface area contributed by atoms with Crippen molar-refractivity contribution in [3.05, 3.63) is 30.3 Å². The molecule has 2 rings (SSSR count). The van der Waals surface area contributed by atoms with Crippen LogP contribution in [0.25, 0.3) is 0 Å². The van der Waals surface area contributed by atoms with Crippen LogP contribution < -0.4 is 4.90 Å². The van der Waals surface area contributed by atoms with Crippen molar-refractivity contribution in [1.82, 2.24) is 0 Å². The largest absolute Gasteiger partial charge is 0.370 e. The molecule has 0 radical (unpaired) electrons. The Kier molecular flexibility index (Phi) is 2.57. The molecular weight excluding hydrogens is 166 g/mol. The molecule has 1 aromatic rings. The van der Waals surface area contributed by atoms with Gasteiger partial charge in [0.2, 0.25) is 0 Å². The molecule has 0 amide bonds. The maximum absolute atomic E-state index is 2.45. The first-order valence-electron chi connectivity index (χ1n) is 4.34. The average Bonchev–Trinajstić information content (AvgIpc) is 2.21. The van der Waals surface area contributed by atoms with Crippen LogP contribution in [0.1, 0.15) is 0 Å². The molecule has 1 aromatic carbocycles. The first kappa shape index (κ1) is 7.99. The van der Waals surface area contributed by atoms with Gasteiger partial charge in [-0.25, -0.2) is 0 Å². The van der Waals surface area contributed by atoms with Crippen LogP contribution in [0.3, 0.4) is 0 Å². The van der Waals surface area contributed by atoms with Crippen LogP contribution in [0.2, 0.25) is 0 Å². The fourth-order valence-electron chi connectivity index (χ4n) is 1.46. The Hall–Kier alpha value is -0.630. The van der Waals surface area contributed by atoms with Gasteiger partial charge in [0.1, 0.15) is 0 Å². The van der Waals surface area contributed by atoms with Gasteiger partial charge in [-0.2, -0.15) is 11.8 Å². The van der Waals surface area contributed by atoms with Crippen LogP contribution in [0.4, 0.5) is 5.69 Å². The summed E-state index contributed by atoms with van der Waals surface area (Å²) in [5, 5.41) is 0. The first-order valence-corrected chi connectivity index (χ1v) is 5.50. The fraction of sp³-hybridized carbons (Fsp3) is 0.400. The lowest BCUT2D eigenvalue weighted by atomic mass is 10.3. The van der Waals surface area contributed by atoms with E-state index in [9.17, 15) is 0 Å². The van der Waals surface area contributed by atoms with E-state index in [4.69, 9.17) is 0 Å². The third kappa shape index (κ3) is 1.75. The zero-order valence-corrected chi connectivity index (χ0v) is 7.89. The number of para-hydroxylation sites is 1. The van der Waals surface area contributed by atoms with Crippen LogP contribution in [0.5, 0.6) is 0 Å². The van der Waals surface area contributed by atoms with Crippen LogP contribution >= 0.6 is 11.8 Å². The van der Waals surface area contributed by atoms with Crippen molar-refractivity contribution in [1.29, 1.82) is 0 Å². The van der Waals surface area contributed by atoms with E-state index in [-0.39, 0.29) is 0 Å². The second-order valence-electron chi connectivity index (χ2n) is 2.93. The molecule has 1 saturated heterocycles. The number of benzene rings is 1. The second kappa shape index (κ2) is 3.85. The van der Waals surface area contributed by atoms with Gasteiger partial charge in [0.05, 0.1) is 0 Å². The second-order valence-corrected chi connectivity index (χ2v) is 4.16. The van der Waals surface area contributed by atoms with E-state index in [0.717, 1.165) is 0 Å². The molecule has 2 heteroatoms. The van der Waals surface area contributed by atoms with E-state index in [2.05, 4.69) is 47.0 Å². The Labute approximate surface area is 77.8 Å². The Morgan fingerprint density at radius 1 is 1.00 bits per heavy atom. The molecule has 0 aromatic heterocycles. The summed E-state index contributed by atoms with van der Waals surface area (Å²) in [6.07, 6.45) is 0. The van der Waals surface area contributed by atoms with Gasteiger partial charge in [-0.05, 0) is 12.1 Å². The van der Waals surface area contributed by atoms with Gasteiger partial charge in [0, 0.05) is 30.3 Å². The van der Waals surface area contributed by atoms with Gasteiger partial charge in [-0.15, -0.1) is 0 Å². The molecule has 0 saturated carbocycles. The molecule has 12 heavy (non-hydrogen) atoms. The Morgan fingerprint density at radius 3 is 2.33 bits per heavy atom. The van der Waals surface area contributed by atoms with Crippen molar-refractivity contribution in [2.75, 3.05) is 29.5 Å². The van der Waals surface area contributed by atoms with Crippen LogP contribution in [-0.4, -0.2) is 24.6 Å². The Balaban J connectivity index is 2.08. The highest BCUT2D eigenvalue weighted by molar-refractivity contribution is 7.99. The molecule has 0 aliphatic carbocycles. The van der Waals surface area contributed by atoms with E-state index in [1.165, 1.54) is 30.3 Å². The Bertz CT molecular complexity index is 229. The van der Waals surface area contributed by atoms with Gasteiger partial charge in [-0.1, -0.05) is 18.2 Å². The van der Waals surface area contributed by atoms with E-state index >= 15 is 0 Å². The normalized spacial score (nSPS) is 17.8. The summed E-state index contributed by atoms with van der Waals surface area (Å²) in [7, 11) is 0. The number of thioether (sulfide) groups is 1. The minimum absolute atomic E-state index is 1.20. The molecule has 1 nitrogen and oxygen atoms in total. The fourth-order valence-corrected chi connectivity index (χ4v) is 2.36. The monoisotopic (exact) mass is 179 g/mol. The molecule has 0 bridgehead atoms. The molecule has 64 valence electrons. The summed E-state index contributed by atoms with van der Waals surface area (Å²) in [5.41, 5.74) is 1.37. The number of nitrogens with zero attached hydrogens (tertiary/aromatic N) is 1. The quantitative estimate of drug-likeness (QED) is 0.650. The third-order valence-electron chi connectivity index (χ3n) is 2.13. The van der Waals surface area contributed by atoms with Gasteiger partial charge < -0.3 is 4.90 Å². The highest BCUT2D eigenvalue weighted by Gasteiger charge is 2.09. The molecular formula is C10H13NS. The smallest absolute Gasteiger partial charge is 0.0366 e. The summed E-state index contributed by atoms with van der Waals surface area (Å²) in [6.45, 7) is 2.41. The van der Waals surface area contributed by atoms with Gasteiger partial charge >= 0.3 is 0 Å². The van der Waals surface area contributed by atoms with Crippen LogP contribution in [-0.2, 0) is 0 Å². The lowest BCUT2D eigenvalue weighted by Crippen LogP contribution is -2.32. The number of rotatable bonds is 1. The van der Waals surface area contributed by atoms with Crippen molar-refractivity contribution in [2.24, 2.45) is 0 Å². The summed E-state index contributed by atoms with van der Waals surface area (Å²) in [5.74, 6) is 2.55. The highest BCUT2D eigenvalue weighted by atomic mass is 32.2. The minimum Gasteiger partial charge on any atom is -0.370 e. The Morgan fingerprint density at radius 2 is 1.67 bits per heavy atom. The van der Waals surface area contributed by atoms with Gasteiger partial charge in [0.15, 0.2) is 0 Å². The average molecular weight is 179 g/mol. The summed E-state index contributed by atoms with van der Waals surface area (Å²) in [6, 6.07) is 10.7. The molecule has 0 N–H and O–H groups in total. The zero-order chi connectivity index (χ0) is 8.23. The van der Waals surface area contributed by atoms with Gasteiger partial charge in [-0.3, -0.25) is 0 Å². The maximum Gasteiger partial charge on any atom is 0.0366 e. The number of hydrogen-bond donors (Lipinski definition) is 0. The standard InChI is InChI=1S/C10H13NS/c1-2-4-10(5-3-1)11-6-8-12-9-7-11/h1-5H,6-9H2. The van der Waals surface area contributed by atoms with E-state index in [0.29, 0.717) is 0 Å². The zero-order valence-electron chi connectivity index (χ0n) is 7.07. The van der Waals surface area contributed by atoms with E-state index in [1.54, 1.807) is 0 Å². The SMILES string of the molecule is c1ccc(N2CCSCC2)cc1. The maximum atomic E-state index is 2.45. The summed E-state index contributed by atoms with van der Waals surface area (Å²) < 4.78 is 0. The molecule has 0 unspecified atom stereocenters. The van der Waals surface area contributed by atoms with Crippen molar-refractivity contribution >= 4 is 17.4 Å². The summed E-state index contributed by atoms with van der Waals surface area (Å²) >= 11 is 2.05. The lowest BCUT2D eigenvalue weighted by Gasteiger charge is -2.28. The van der Waals surface area contributed by atoms with Crippen molar-refractivity contribution in [2.45, 2.75) is 0 Å². The first-order chi connectivity index (χ1) is 5.97. The predicted octanol–water partition coefficient (Wildman–Crippen LogP) is 2.24. The summed E-state index contributed by atoms with van der Waals surface area (Å²) in [4.78, 5) is 2.45. The van der Waals surface area contributed by atoms with Crippen LogP contribution in [0.15, 0.2) is 30.3 Å². The molecule has 1 aliphatic rings. The van der Waals surface area contributed by atoms with E-state index in [1.807, 2.05) is 0 Å². The van der Waals surface area contributed by atoms with E-state index < -0.39 is 0 Å². The topological polar surface area (TPSA) is 3.24 Å². The number of hydrogen-bond acceptors (Lipinski definition) is 2. The van der Waals surface area contributed by atoms with Gasteiger partial charge in [0.25, 0.3) is 0 Å². The van der Waals surface area contributed by atoms with Crippen LogP contribution in [0, 0.1) is 0 Å². The molecule has 1 fully saturated rings. The van der Waals surface area contributed by atoms with Crippen molar-refractivity contribution in [3.63, 3.8) is 0 Å². The third-order valence-corrected chi connectivity index (χ3v) is 3.07. The molecule has 0 spiro atoms. The lowest BCUT2D eigenvalue weighted by molar-refractivity contribution is 0.859. The molecule has 1 aliphatic heterocycles. The predicted molar refractivity (Wildman–Crippen MR) is 56.0 cm³/mol. The minimum atomic E-state index is 1.20. The molecule has 1 heterocycles. The highest BCUT2D eigenvalue weighted by Crippen LogP contribution is 2.18. The molecule has 0 atom stereocenters. The van der Waals surface area contributed by atoms with Crippen molar-refractivity contribution < 1.29 is 0 Å².